The molecule has 2 aromatic heterocycles. The van der Waals surface area contributed by atoms with Crippen molar-refractivity contribution in [3.05, 3.63) is 71.1 Å². The van der Waals surface area contributed by atoms with Crippen molar-refractivity contribution >= 4 is 27.3 Å². The molecule has 0 radical (unpaired) electrons. The predicted molar refractivity (Wildman–Crippen MR) is 101 cm³/mol. The summed E-state index contributed by atoms with van der Waals surface area (Å²) in [6, 6.07) is 7.81. The van der Waals surface area contributed by atoms with Crippen molar-refractivity contribution in [1.29, 1.82) is 0 Å². The standard InChI is InChI=1S/C18H13ClF3N3O3S/c1-11-16(6-3-7-23-11)28-17-15(9-13(19)10-24-17)25-29(26,27)14-5-2-4-12(8-14)18(20,21)22/h2-10,25H,1H3. The van der Waals surface area contributed by atoms with E-state index in [4.69, 9.17) is 16.3 Å². The van der Waals surface area contributed by atoms with Gasteiger partial charge in [0, 0.05) is 12.4 Å². The van der Waals surface area contributed by atoms with Crippen LogP contribution in [0.2, 0.25) is 5.02 Å². The van der Waals surface area contributed by atoms with Gasteiger partial charge in [0.25, 0.3) is 10.0 Å². The zero-order valence-electron chi connectivity index (χ0n) is 14.7. The lowest BCUT2D eigenvalue weighted by molar-refractivity contribution is -0.137. The summed E-state index contributed by atoms with van der Waals surface area (Å²) in [5, 5.41) is 0.0991. The average Bonchev–Trinajstić information content (AvgIpc) is 2.65. The molecular formula is C18H13ClF3N3O3S. The number of sulfonamides is 1. The highest BCUT2D eigenvalue weighted by Crippen LogP contribution is 2.34. The predicted octanol–water partition coefficient (Wildman–Crippen LogP) is 5.05. The Kier molecular flexibility index (Phi) is 5.67. The minimum Gasteiger partial charge on any atom is -0.435 e. The lowest BCUT2D eigenvalue weighted by Gasteiger charge is -2.14. The molecule has 6 nitrogen and oxygen atoms in total. The summed E-state index contributed by atoms with van der Waals surface area (Å²) in [6.07, 6.45) is -1.89. The highest BCUT2D eigenvalue weighted by molar-refractivity contribution is 7.92. The molecule has 2 heterocycles. The molecule has 1 aromatic carbocycles. The van der Waals surface area contributed by atoms with Gasteiger partial charge in [0.2, 0.25) is 5.88 Å². The molecular weight excluding hydrogens is 431 g/mol. The Morgan fingerprint density at radius 3 is 2.55 bits per heavy atom. The minimum atomic E-state index is -4.69. The Balaban J connectivity index is 1.97. The van der Waals surface area contributed by atoms with Gasteiger partial charge in [-0.05, 0) is 43.3 Å². The number of pyridine rings is 2. The van der Waals surface area contributed by atoms with E-state index >= 15 is 0 Å². The van der Waals surface area contributed by atoms with Crippen molar-refractivity contribution in [2.24, 2.45) is 0 Å². The van der Waals surface area contributed by atoms with Crippen LogP contribution in [0.15, 0.2) is 59.8 Å². The number of aryl methyl sites for hydroxylation is 1. The summed E-state index contributed by atoms with van der Waals surface area (Å²) in [5.41, 5.74) is -0.707. The summed E-state index contributed by atoms with van der Waals surface area (Å²) in [5.74, 6) is 0.183. The van der Waals surface area contributed by atoms with E-state index in [2.05, 4.69) is 14.7 Å². The number of benzene rings is 1. The fraction of sp³-hybridized carbons (Fsp3) is 0.111. The molecule has 0 saturated carbocycles. The maximum atomic E-state index is 12.9. The van der Waals surface area contributed by atoms with Gasteiger partial charge >= 0.3 is 6.18 Å². The maximum Gasteiger partial charge on any atom is 0.416 e. The number of hydrogen-bond acceptors (Lipinski definition) is 5. The Bertz CT molecular complexity index is 1150. The molecule has 0 unspecified atom stereocenters. The number of nitrogens with zero attached hydrogens (tertiary/aromatic N) is 2. The fourth-order valence-corrected chi connectivity index (χ4v) is 3.56. The number of ether oxygens (including phenoxy) is 1. The smallest absolute Gasteiger partial charge is 0.416 e. The van der Waals surface area contributed by atoms with Crippen LogP contribution in [0.4, 0.5) is 18.9 Å². The number of halogens is 4. The monoisotopic (exact) mass is 443 g/mol. The van der Waals surface area contributed by atoms with Gasteiger partial charge in [0.05, 0.1) is 21.2 Å². The van der Waals surface area contributed by atoms with Crippen molar-refractivity contribution in [2.75, 3.05) is 4.72 Å². The number of nitrogens with one attached hydrogen (secondary N) is 1. The molecule has 29 heavy (non-hydrogen) atoms. The molecule has 0 atom stereocenters. The molecule has 11 heteroatoms. The molecule has 152 valence electrons. The summed E-state index contributed by atoms with van der Waals surface area (Å²) in [7, 11) is -4.38. The van der Waals surface area contributed by atoms with Gasteiger partial charge in [0.15, 0.2) is 5.75 Å². The largest absolute Gasteiger partial charge is 0.435 e. The van der Waals surface area contributed by atoms with Gasteiger partial charge in [-0.3, -0.25) is 9.71 Å². The van der Waals surface area contributed by atoms with Gasteiger partial charge in [-0.25, -0.2) is 13.4 Å². The highest BCUT2D eigenvalue weighted by atomic mass is 35.5. The number of hydrogen-bond donors (Lipinski definition) is 1. The van der Waals surface area contributed by atoms with Gasteiger partial charge in [-0.2, -0.15) is 13.2 Å². The molecule has 0 spiro atoms. The molecule has 0 aliphatic carbocycles. The van der Waals surface area contributed by atoms with Crippen LogP contribution in [0.3, 0.4) is 0 Å². The van der Waals surface area contributed by atoms with E-state index < -0.39 is 26.7 Å². The molecule has 0 aliphatic heterocycles. The van der Waals surface area contributed by atoms with Crippen LogP contribution in [0.1, 0.15) is 11.3 Å². The van der Waals surface area contributed by atoms with E-state index in [0.29, 0.717) is 17.5 Å². The number of anilines is 1. The van der Waals surface area contributed by atoms with Gasteiger partial charge in [-0.15, -0.1) is 0 Å². The third-order valence-corrected chi connectivity index (χ3v) is 5.27. The molecule has 3 aromatic rings. The molecule has 0 amide bonds. The Morgan fingerprint density at radius 2 is 1.86 bits per heavy atom. The van der Waals surface area contributed by atoms with E-state index in [1.807, 2.05) is 0 Å². The number of rotatable bonds is 5. The highest BCUT2D eigenvalue weighted by Gasteiger charge is 2.32. The van der Waals surface area contributed by atoms with Crippen LogP contribution in [-0.2, 0) is 16.2 Å². The van der Waals surface area contributed by atoms with Gasteiger partial charge in [0.1, 0.15) is 5.69 Å². The van der Waals surface area contributed by atoms with Crippen LogP contribution in [0.5, 0.6) is 11.6 Å². The lowest BCUT2D eigenvalue weighted by Crippen LogP contribution is -2.15. The van der Waals surface area contributed by atoms with Crippen LogP contribution in [0.25, 0.3) is 0 Å². The van der Waals surface area contributed by atoms with Crippen molar-refractivity contribution in [3.63, 3.8) is 0 Å². The Morgan fingerprint density at radius 1 is 1.10 bits per heavy atom. The summed E-state index contributed by atoms with van der Waals surface area (Å²) >= 11 is 5.90. The van der Waals surface area contributed by atoms with Crippen LogP contribution >= 0.6 is 11.6 Å². The first-order valence-electron chi connectivity index (χ1n) is 8.01. The van der Waals surface area contributed by atoms with Gasteiger partial charge in [-0.1, -0.05) is 17.7 Å². The minimum absolute atomic E-state index is 0.0991. The summed E-state index contributed by atoms with van der Waals surface area (Å²) < 4.78 is 71.8. The van der Waals surface area contributed by atoms with E-state index in [9.17, 15) is 21.6 Å². The molecule has 0 saturated heterocycles. The second-order valence-electron chi connectivity index (χ2n) is 5.83. The van der Waals surface area contributed by atoms with E-state index in [0.717, 1.165) is 18.2 Å². The fourth-order valence-electron chi connectivity index (χ4n) is 2.31. The maximum absolute atomic E-state index is 12.9. The van der Waals surface area contributed by atoms with Crippen LogP contribution in [0, 0.1) is 6.92 Å². The molecule has 0 fully saturated rings. The third kappa shape index (κ3) is 4.96. The normalized spacial score (nSPS) is 11.9. The number of aromatic nitrogens is 2. The van der Waals surface area contributed by atoms with Crippen LogP contribution < -0.4 is 9.46 Å². The van der Waals surface area contributed by atoms with E-state index in [-0.39, 0.29) is 16.6 Å². The van der Waals surface area contributed by atoms with Crippen molar-refractivity contribution < 1.29 is 26.3 Å². The first-order valence-corrected chi connectivity index (χ1v) is 9.87. The van der Waals surface area contributed by atoms with Crippen molar-refractivity contribution in [3.8, 4) is 11.6 Å². The molecule has 1 N–H and O–H groups in total. The quantitative estimate of drug-likeness (QED) is 0.596. The van der Waals surface area contributed by atoms with E-state index in [1.54, 1.807) is 25.3 Å². The SMILES string of the molecule is Cc1ncccc1Oc1ncc(Cl)cc1NS(=O)(=O)c1cccc(C(F)(F)F)c1. The average molecular weight is 444 g/mol. The zero-order valence-corrected chi connectivity index (χ0v) is 16.3. The van der Waals surface area contributed by atoms with Crippen LogP contribution in [-0.4, -0.2) is 18.4 Å². The first-order chi connectivity index (χ1) is 13.6. The Hall–Kier alpha value is -2.85. The van der Waals surface area contributed by atoms with Crippen molar-refractivity contribution in [1.82, 2.24) is 9.97 Å². The second-order valence-corrected chi connectivity index (χ2v) is 7.95. The summed E-state index contributed by atoms with van der Waals surface area (Å²) in [4.78, 5) is 7.44. The molecule has 0 aliphatic rings. The molecule has 0 bridgehead atoms. The molecule has 3 rings (SSSR count). The van der Waals surface area contributed by atoms with E-state index in [1.165, 1.54) is 12.3 Å². The lowest BCUT2D eigenvalue weighted by atomic mass is 10.2. The summed E-state index contributed by atoms with van der Waals surface area (Å²) in [6.45, 7) is 1.68. The first kappa shape index (κ1) is 20.9. The third-order valence-electron chi connectivity index (χ3n) is 3.70. The zero-order chi connectivity index (χ0) is 21.2. The van der Waals surface area contributed by atoms with Gasteiger partial charge < -0.3 is 4.74 Å². The number of alkyl halides is 3. The Labute approximate surface area is 169 Å². The van der Waals surface area contributed by atoms with Crippen molar-refractivity contribution in [2.45, 2.75) is 18.0 Å². The topological polar surface area (TPSA) is 81.2 Å². The second kappa shape index (κ2) is 7.88.